The van der Waals surface area contributed by atoms with Gasteiger partial charge in [0.15, 0.2) is 0 Å². The van der Waals surface area contributed by atoms with Gasteiger partial charge in [-0.1, -0.05) is 24.6 Å². The average Bonchev–Trinajstić information content (AvgIpc) is 2.96. The Hall–Kier alpha value is -1.65. The highest BCUT2D eigenvalue weighted by Crippen LogP contribution is 2.42. The number of H-pyrrole nitrogens is 1. The molecule has 0 amide bonds. The Labute approximate surface area is 136 Å². The van der Waals surface area contributed by atoms with E-state index in [1.165, 1.54) is 16.6 Å². The molecule has 2 atom stereocenters. The number of hydrogen-bond donors (Lipinski definition) is 2. The predicted octanol–water partition coefficient (Wildman–Crippen LogP) is 2.91. The number of rotatable bonds is 3. The van der Waals surface area contributed by atoms with Gasteiger partial charge in [0.05, 0.1) is 12.1 Å². The van der Waals surface area contributed by atoms with E-state index in [0.717, 1.165) is 37.7 Å². The molecule has 2 unspecified atom stereocenters. The Morgan fingerprint density at radius 3 is 2.96 bits per heavy atom. The van der Waals surface area contributed by atoms with Crippen LogP contribution in [0.3, 0.4) is 0 Å². The van der Waals surface area contributed by atoms with Crippen molar-refractivity contribution in [2.24, 2.45) is 5.92 Å². The van der Waals surface area contributed by atoms with Crippen LogP contribution in [-0.4, -0.2) is 31.0 Å². The summed E-state index contributed by atoms with van der Waals surface area (Å²) in [6.07, 6.45) is 4.79. The molecule has 23 heavy (non-hydrogen) atoms. The first-order valence-corrected chi connectivity index (χ1v) is 8.63. The molecule has 4 nitrogen and oxygen atoms in total. The topological polar surface area (TPSA) is 54.1 Å². The number of fused-ring (bicyclic) bond motifs is 3. The van der Waals surface area contributed by atoms with Crippen LogP contribution in [0.15, 0.2) is 24.3 Å². The Morgan fingerprint density at radius 2 is 2.13 bits per heavy atom. The quantitative estimate of drug-likeness (QED) is 0.916. The number of ketones is 1. The summed E-state index contributed by atoms with van der Waals surface area (Å²) in [5.74, 6) is 0.385. The van der Waals surface area contributed by atoms with E-state index in [1.807, 2.05) is 0 Å². The van der Waals surface area contributed by atoms with Crippen molar-refractivity contribution in [3.05, 3.63) is 35.5 Å². The van der Waals surface area contributed by atoms with Crippen molar-refractivity contribution in [2.45, 2.75) is 37.6 Å². The van der Waals surface area contributed by atoms with Gasteiger partial charge in [-0.2, -0.15) is 0 Å². The summed E-state index contributed by atoms with van der Waals surface area (Å²) in [5.41, 5.74) is 3.28. The van der Waals surface area contributed by atoms with Crippen LogP contribution in [-0.2, 0) is 21.5 Å². The van der Waals surface area contributed by atoms with Gasteiger partial charge in [0.2, 0.25) is 0 Å². The van der Waals surface area contributed by atoms with Crippen molar-refractivity contribution in [3.63, 3.8) is 0 Å². The minimum atomic E-state index is -0.404. The summed E-state index contributed by atoms with van der Waals surface area (Å²) in [6, 6.07) is 8.44. The molecule has 0 saturated heterocycles. The predicted molar refractivity (Wildman–Crippen MR) is 90.5 cm³/mol. The van der Waals surface area contributed by atoms with E-state index in [2.05, 4.69) is 34.6 Å². The summed E-state index contributed by atoms with van der Waals surface area (Å²) in [6.45, 7) is 1.42. The summed E-state index contributed by atoms with van der Waals surface area (Å²) < 4.78 is 5.60. The van der Waals surface area contributed by atoms with E-state index in [4.69, 9.17) is 4.74 Å². The average molecular weight is 312 g/mol. The minimum absolute atomic E-state index is 0.00307. The van der Waals surface area contributed by atoms with Crippen molar-refractivity contribution >= 4 is 16.7 Å². The van der Waals surface area contributed by atoms with E-state index in [-0.39, 0.29) is 5.92 Å². The lowest BCUT2D eigenvalue weighted by Gasteiger charge is -2.44. The third kappa shape index (κ3) is 2.24. The molecule has 0 radical (unpaired) electrons. The number of nitrogens with one attached hydrogen (secondary N) is 2. The standard InChI is InChI=1S/C19H24N2O2/c1-23-12-19(15-7-3-5-9-17(15)22)18-14(10-11-20-19)13-6-2-4-8-16(13)21-18/h2,4,6,8,15,20-21H,3,5,7,9-12H2,1H3. The molecular formula is C19H24N2O2. The Morgan fingerprint density at radius 1 is 1.26 bits per heavy atom. The smallest absolute Gasteiger partial charge is 0.138 e. The second-order valence-electron chi connectivity index (χ2n) is 6.87. The fraction of sp³-hybridized carbons (Fsp3) is 0.526. The number of hydrogen-bond acceptors (Lipinski definition) is 3. The van der Waals surface area contributed by atoms with Gasteiger partial charge in [0, 0.05) is 42.6 Å². The van der Waals surface area contributed by atoms with E-state index in [9.17, 15) is 4.79 Å². The summed E-state index contributed by atoms with van der Waals surface area (Å²) in [4.78, 5) is 16.3. The molecule has 1 saturated carbocycles. The monoisotopic (exact) mass is 312 g/mol. The Bertz CT molecular complexity index is 736. The van der Waals surface area contributed by atoms with Crippen LogP contribution in [0.4, 0.5) is 0 Å². The van der Waals surface area contributed by atoms with Crippen LogP contribution >= 0.6 is 0 Å². The zero-order valence-corrected chi connectivity index (χ0v) is 13.7. The van der Waals surface area contributed by atoms with E-state index in [0.29, 0.717) is 18.8 Å². The number of methoxy groups -OCH3 is 1. The van der Waals surface area contributed by atoms with Crippen molar-refractivity contribution < 1.29 is 9.53 Å². The summed E-state index contributed by atoms with van der Waals surface area (Å²) >= 11 is 0. The molecular weight excluding hydrogens is 288 g/mol. The van der Waals surface area contributed by atoms with Gasteiger partial charge in [-0.15, -0.1) is 0 Å². The van der Waals surface area contributed by atoms with E-state index < -0.39 is 5.54 Å². The molecule has 1 aliphatic carbocycles. The highest BCUT2D eigenvalue weighted by atomic mass is 16.5. The molecule has 1 fully saturated rings. The van der Waals surface area contributed by atoms with Crippen LogP contribution in [0.2, 0.25) is 0 Å². The van der Waals surface area contributed by atoms with Crippen LogP contribution < -0.4 is 5.32 Å². The number of carbonyl (C=O) groups excluding carboxylic acids is 1. The van der Waals surface area contributed by atoms with Crippen LogP contribution in [0.5, 0.6) is 0 Å². The molecule has 1 aromatic carbocycles. The van der Waals surface area contributed by atoms with Gasteiger partial charge >= 0.3 is 0 Å². The molecule has 122 valence electrons. The molecule has 1 aromatic heterocycles. The first-order chi connectivity index (χ1) is 11.3. The first-order valence-electron chi connectivity index (χ1n) is 8.63. The summed E-state index contributed by atoms with van der Waals surface area (Å²) in [7, 11) is 1.73. The van der Waals surface area contributed by atoms with Crippen molar-refractivity contribution in [1.82, 2.24) is 10.3 Å². The number of benzene rings is 1. The highest BCUT2D eigenvalue weighted by Gasteiger charge is 2.48. The fourth-order valence-electron chi connectivity index (χ4n) is 4.59. The van der Waals surface area contributed by atoms with E-state index >= 15 is 0 Å². The highest BCUT2D eigenvalue weighted by molar-refractivity contribution is 5.87. The fourth-order valence-corrected chi connectivity index (χ4v) is 4.59. The largest absolute Gasteiger partial charge is 0.382 e. The molecule has 0 spiro atoms. The summed E-state index contributed by atoms with van der Waals surface area (Å²) in [5, 5.41) is 4.96. The number of aromatic amines is 1. The number of Topliss-reactive ketones (excluding diaryl/α,β-unsaturated/α-hetero) is 1. The maximum atomic E-state index is 12.7. The number of carbonyl (C=O) groups is 1. The zero-order valence-electron chi connectivity index (χ0n) is 13.7. The van der Waals surface area contributed by atoms with Crippen molar-refractivity contribution in [2.75, 3.05) is 20.3 Å². The second-order valence-corrected chi connectivity index (χ2v) is 6.87. The maximum absolute atomic E-state index is 12.7. The third-order valence-corrected chi connectivity index (χ3v) is 5.60. The second kappa shape index (κ2) is 5.77. The van der Waals surface area contributed by atoms with Crippen LogP contribution in [0.25, 0.3) is 10.9 Å². The molecule has 2 aromatic rings. The lowest BCUT2D eigenvalue weighted by Crippen LogP contribution is -2.58. The SMILES string of the molecule is COCC1(C2CCCCC2=O)NCCc2c1[nH]c1ccccc21. The number of para-hydroxylation sites is 1. The normalized spacial score (nSPS) is 28.0. The van der Waals surface area contributed by atoms with Gasteiger partial charge < -0.3 is 15.0 Å². The Kier molecular flexibility index (Phi) is 3.74. The number of ether oxygens (including phenoxy) is 1. The van der Waals surface area contributed by atoms with Gasteiger partial charge in [-0.25, -0.2) is 0 Å². The lowest BCUT2D eigenvalue weighted by atomic mass is 9.70. The first kappa shape index (κ1) is 14.9. The van der Waals surface area contributed by atoms with Crippen LogP contribution in [0, 0.1) is 5.92 Å². The van der Waals surface area contributed by atoms with Gasteiger partial charge in [0.25, 0.3) is 0 Å². The molecule has 0 bridgehead atoms. The number of aromatic nitrogens is 1. The van der Waals surface area contributed by atoms with Crippen molar-refractivity contribution in [1.29, 1.82) is 0 Å². The van der Waals surface area contributed by atoms with E-state index in [1.54, 1.807) is 7.11 Å². The van der Waals surface area contributed by atoms with Gasteiger partial charge in [0.1, 0.15) is 5.78 Å². The van der Waals surface area contributed by atoms with Crippen LogP contribution in [0.1, 0.15) is 36.9 Å². The molecule has 4 heteroatoms. The zero-order chi connectivity index (χ0) is 15.9. The molecule has 4 rings (SSSR count). The van der Waals surface area contributed by atoms with Gasteiger partial charge in [-0.3, -0.25) is 4.79 Å². The molecule has 2 heterocycles. The maximum Gasteiger partial charge on any atom is 0.138 e. The molecule has 2 aliphatic rings. The van der Waals surface area contributed by atoms with Gasteiger partial charge in [-0.05, 0) is 30.9 Å². The molecule has 1 aliphatic heterocycles. The van der Waals surface area contributed by atoms with Crippen molar-refractivity contribution in [3.8, 4) is 0 Å². The lowest BCUT2D eigenvalue weighted by molar-refractivity contribution is -0.129. The minimum Gasteiger partial charge on any atom is -0.382 e. The third-order valence-electron chi connectivity index (χ3n) is 5.60. The molecule has 2 N–H and O–H groups in total. The Balaban J connectivity index is 1.89.